The minimum atomic E-state index is -0.269. The standard InChI is InChI=1S/C30H29ClFN5O/c1-4-25-18-36(30(20-5-9-22(31)10-6-20)21-7-11-23(32)12-8-21)19(2)17-37(25)27-15-28(38)35(3)26-14-13-24(16-33)34-29(26)27/h5-15,19,25,30H,4,17-18H2,1-3H3/t19-,25+,30?/m1/s1. The van der Waals surface area contributed by atoms with Crippen LogP contribution in [0.1, 0.15) is 43.1 Å². The molecule has 194 valence electrons. The molecule has 38 heavy (non-hydrogen) atoms. The molecule has 0 spiro atoms. The first-order valence-electron chi connectivity index (χ1n) is 12.7. The Bertz CT molecular complexity index is 1520. The van der Waals surface area contributed by atoms with Crippen LogP contribution < -0.4 is 10.5 Å². The smallest absolute Gasteiger partial charge is 0.252 e. The number of rotatable bonds is 5. The molecule has 4 aromatic rings. The number of nitriles is 1. The number of pyridine rings is 2. The SMILES string of the molecule is CC[C@H]1CN(C(c2ccc(F)cc2)c2ccc(Cl)cc2)[C@H](C)CN1c1cc(=O)n(C)c2ccc(C#N)nc12. The molecule has 1 aliphatic rings. The van der Waals surface area contributed by atoms with Crippen LogP contribution in [0.5, 0.6) is 0 Å². The van der Waals surface area contributed by atoms with Crippen molar-refractivity contribution in [2.75, 3.05) is 18.0 Å². The van der Waals surface area contributed by atoms with E-state index in [1.165, 1.54) is 12.1 Å². The number of hydrogen-bond acceptors (Lipinski definition) is 5. The van der Waals surface area contributed by atoms with E-state index in [9.17, 15) is 14.4 Å². The van der Waals surface area contributed by atoms with Gasteiger partial charge in [-0.15, -0.1) is 0 Å². The van der Waals surface area contributed by atoms with Gasteiger partial charge in [-0.2, -0.15) is 5.26 Å². The second kappa shape index (κ2) is 10.6. The third-order valence-corrected chi connectivity index (χ3v) is 7.81. The maximum Gasteiger partial charge on any atom is 0.252 e. The van der Waals surface area contributed by atoms with Gasteiger partial charge >= 0.3 is 0 Å². The second-order valence-corrected chi connectivity index (χ2v) is 10.3. The highest BCUT2D eigenvalue weighted by Gasteiger charge is 2.37. The van der Waals surface area contributed by atoms with Gasteiger partial charge in [0, 0.05) is 43.3 Å². The van der Waals surface area contributed by atoms with E-state index in [-0.39, 0.29) is 29.5 Å². The number of halogens is 2. The lowest BCUT2D eigenvalue weighted by Crippen LogP contribution is -2.58. The zero-order chi connectivity index (χ0) is 27.0. The largest absolute Gasteiger partial charge is 0.364 e. The Morgan fingerprint density at radius 1 is 1.08 bits per heavy atom. The molecule has 1 aliphatic heterocycles. The summed E-state index contributed by atoms with van der Waals surface area (Å²) in [5.41, 5.74) is 4.38. The summed E-state index contributed by atoms with van der Waals surface area (Å²) in [5.74, 6) is -0.269. The van der Waals surface area contributed by atoms with Gasteiger partial charge in [-0.3, -0.25) is 9.69 Å². The molecule has 2 aromatic heterocycles. The molecule has 5 rings (SSSR count). The van der Waals surface area contributed by atoms with Crippen LogP contribution in [0.2, 0.25) is 5.02 Å². The third kappa shape index (κ3) is 4.78. The van der Waals surface area contributed by atoms with Crippen LogP contribution in [0.15, 0.2) is 71.5 Å². The summed E-state index contributed by atoms with van der Waals surface area (Å²) < 4.78 is 15.4. The van der Waals surface area contributed by atoms with E-state index in [0.29, 0.717) is 28.3 Å². The predicted molar refractivity (Wildman–Crippen MR) is 149 cm³/mol. The molecule has 3 heterocycles. The normalized spacial score (nSPS) is 18.9. The summed E-state index contributed by atoms with van der Waals surface area (Å²) in [6.07, 6.45) is 0.842. The Hall–Kier alpha value is -3.73. The van der Waals surface area contributed by atoms with Crippen molar-refractivity contribution in [2.45, 2.75) is 38.4 Å². The lowest BCUT2D eigenvalue weighted by molar-refractivity contribution is 0.124. The highest BCUT2D eigenvalue weighted by molar-refractivity contribution is 6.30. The van der Waals surface area contributed by atoms with Gasteiger partial charge in [0.05, 0.1) is 17.2 Å². The lowest BCUT2D eigenvalue weighted by Gasteiger charge is -2.49. The maximum absolute atomic E-state index is 13.8. The number of anilines is 1. The molecule has 0 N–H and O–H groups in total. The Morgan fingerprint density at radius 2 is 1.74 bits per heavy atom. The van der Waals surface area contributed by atoms with E-state index in [2.05, 4.69) is 34.7 Å². The lowest BCUT2D eigenvalue weighted by atomic mass is 9.92. The van der Waals surface area contributed by atoms with Gasteiger partial charge in [-0.25, -0.2) is 9.37 Å². The molecule has 0 amide bonds. The van der Waals surface area contributed by atoms with Crippen LogP contribution in [0, 0.1) is 17.1 Å². The van der Waals surface area contributed by atoms with Crippen molar-refractivity contribution in [2.24, 2.45) is 7.05 Å². The summed E-state index contributed by atoms with van der Waals surface area (Å²) in [7, 11) is 1.72. The van der Waals surface area contributed by atoms with Crippen molar-refractivity contribution >= 4 is 28.3 Å². The Kier molecular flexibility index (Phi) is 7.20. The van der Waals surface area contributed by atoms with Crippen LogP contribution in [0.4, 0.5) is 10.1 Å². The van der Waals surface area contributed by atoms with Gasteiger partial charge in [-0.1, -0.05) is 42.8 Å². The number of aryl methyl sites for hydroxylation is 1. The number of nitrogens with zero attached hydrogens (tertiary/aromatic N) is 5. The van der Waals surface area contributed by atoms with E-state index < -0.39 is 0 Å². The molecule has 1 saturated heterocycles. The highest BCUT2D eigenvalue weighted by atomic mass is 35.5. The first-order chi connectivity index (χ1) is 18.3. The van der Waals surface area contributed by atoms with Gasteiger partial charge in [0.2, 0.25) is 0 Å². The monoisotopic (exact) mass is 529 g/mol. The number of hydrogen-bond donors (Lipinski definition) is 0. The van der Waals surface area contributed by atoms with Crippen LogP contribution in [0.3, 0.4) is 0 Å². The van der Waals surface area contributed by atoms with E-state index in [1.54, 1.807) is 29.8 Å². The highest BCUT2D eigenvalue weighted by Crippen LogP contribution is 2.37. The molecule has 3 atom stereocenters. The van der Waals surface area contributed by atoms with Crippen molar-refractivity contribution in [3.05, 3.63) is 105 Å². The molecule has 0 radical (unpaired) electrons. The van der Waals surface area contributed by atoms with Crippen LogP contribution in [-0.2, 0) is 7.05 Å². The molecule has 1 unspecified atom stereocenters. The van der Waals surface area contributed by atoms with Crippen LogP contribution >= 0.6 is 11.6 Å². The minimum Gasteiger partial charge on any atom is -0.364 e. The second-order valence-electron chi connectivity index (χ2n) is 9.87. The topological polar surface area (TPSA) is 65.2 Å². The van der Waals surface area contributed by atoms with Crippen molar-refractivity contribution in [1.82, 2.24) is 14.5 Å². The number of piperazine rings is 1. The summed E-state index contributed by atoms with van der Waals surface area (Å²) in [6.45, 7) is 5.68. The molecule has 8 heteroatoms. The Balaban J connectivity index is 1.58. The van der Waals surface area contributed by atoms with Crippen LogP contribution in [-0.4, -0.2) is 39.6 Å². The van der Waals surface area contributed by atoms with E-state index in [4.69, 9.17) is 11.6 Å². The van der Waals surface area contributed by atoms with E-state index in [1.807, 2.05) is 36.4 Å². The van der Waals surface area contributed by atoms with Crippen molar-refractivity contribution in [3.63, 3.8) is 0 Å². The molecule has 0 aliphatic carbocycles. The molecule has 2 aromatic carbocycles. The first-order valence-corrected chi connectivity index (χ1v) is 13.1. The summed E-state index contributed by atoms with van der Waals surface area (Å²) in [5, 5.41) is 10.1. The minimum absolute atomic E-state index is 0.0850. The van der Waals surface area contributed by atoms with Gasteiger partial charge in [0.1, 0.15) is 23.1 Å². The van der Waals surface area contributed by atoms with Crippen LogP contribution in [0.25, 0.3) is 11.0 Å². The fraction of sp³-hybridized carbons (Fsp3) is 0.300. The van der Waals surface area contributed by atoms with Gasteiger partial charge in [0.25, 0.3) is 5.56 Å². The molecule has 1 fully saturated rings. The summed E-state index contributed by atoms with van der Waals surface area (Å²) in [4.78, 5) is 22.2. The molecular formula is C30H29ClFN5O. The van der Waals surface area contributed by atoms with Crippen molar-refractivity contribution < 1.29 is 4.39 Å². The number of fused-ring (bicyclic) bond motifs is 1. The van der Waals surface area contributed by atoms with Crippen molar-refractivity contribution in [3.8, 4) is 6.07 Å². The summed E-state index contributed by atoms with van der Waals surface area (Å²) in [6, 6.07) is 21.8. The Labute approximate surface area is 226 Å². The van der Waals surface area contributed by atoms with E-state index >= 15 is 0 Å². The molecule has 0 bridgehead atoms. The zero-order valence-electron chi connectivity index (χ0n) is 21.6. The number of benzene rings is 2. The quantitative estimate of drug-likeness (QED) is 0.333. The predicted octanol–water partition coefficient (Wildman–Crippen LogP) is 5.68. The maximum atomic E-state index is 13.8. The average molecular weight is 530 g/mol. The van der Waals surface area contributed by atoms with Gasteiger partial charge < -0.3 is 9.47 Å². The van der Waals surface area contributed by atoms with Crippen molar-refractivity contribution in [1.29, 1.82) is 5.26 Å². The van der Waals surface area contributed by atoms with E-state index in [0.717, 1.165) is 29.8 Å². The average Bonchev–Trinajstić information content (AvgIpc) is 2.93. The third-order valence-electron chi connectivity index (χ3n) is 7.56. The number of aromatic nitrogens is 2. The Morgan fingerprint density at radius 3 is 2.37 bits per heavy atom. The van der Waals surface area contributed by atoms with Gasteiger partial charge in [0.15, 0.2) is 0 Å². The summed E-state index contributed by atoms with van der Waals surface area (Å²) >= 11 is 6.20. The first kappa shape index (κ1) is 25.9. The fourth-order valence-corrected chi connectivity index (χ4v) is 5.65. The van der Waals surface area contributed by atoms with Gasteiger partial charge in [-0.05, 0) is 60.9 Å². The molecule has 6 nitrogen and oxygen atoms in total. The zero-order valence-corrected chi connectivity index (χ0v) is 22.4. The molecule has 0 saturated carbocycles. The molecular weight excluding hydrogens is 501 g/mol. The fourth-order valence-electron chi connectivity index (χ4n) is 5.52.